The monoisotopic (exact) mass is 479 g/mol. The van der Waals surface area contributed by atoms with Gasteiger partial charge in [0.25, 0.3) is 15.9 Å². The molecule has 2 heterocycles. The summed E-state index contributed by atoms with van der Waals surface area (Å²) in [7, 11) is 3.09. The number of hydrogen-bond donors (Lipinski definition) is 1. The number of ether oxygens (including phenoxy) is 1. The molecule has 1 aliphatic rings. The van der Waals surface area contributed by atoms with Gasteiger partial charge in [-0.1, -0.05) is 13.0 Å². The van der Waals surface area contributed by atoms with Crippen LogP contribution in [-0.4, -0.2) is 91.2 Å². The average Bonchev–Trinajstić information content (AvgIpc) is 3.22. The summed E-state index contributed by atoms with van der Waals surface area (Å²) in [6, 6.07) is 4.94. The van der Waals surface area contributed by atoms with Crippen molar-refractivity contribution in [1.82, 2.24) is 18.8 Å². The lowest BCUT2D eigenvalue weighted by Gasteiger charge is -2.38. The number of rotatable bonds is 7. The molecular weight excluding hydrogens is 446 g/mol. The van der Waals surface area contributed by atoms with E-state index >= 15 is 0 Å². The van der Waals surface area contributed by atoms with Gasteiger partial charge in [-0.05, 0) is 19.1 Å². The molecule has 0 aliphatic carbocycles. The number of benzene rings is 1. The van der Waals surface area contributed by atoms with Crippen LogP contribution in [0.15, 0.2) is 35.7 Å². The van der Waals surface area contributed by atoms with Crippen molar-refractivity contribution in [1.29, 1.82) is 0 Å². The molecule has 1 N–H and O–H groups in total. The Labute approximate surface area is 195 Å². The lowest BCUT2D eigenvalue weighted by atomic mass is 9.99. The average molecular weight is 480 g/mol. The van der Waals surface area contributed by atoms with Gasteiger partial charge in [-0.25, -0.2) is 13.4 Å². The number of sulfonamides is 1. The van der Waals surface area contributed by atoms with Crippen LogP contribution < -0.4 is 9.64 Å². The van der Waals surface area contributed by atoms with Gasteiger partial charge in [-0.2, -0.15) is 4.31 Å². The van der Waals surface area contributed by atoms with E-state index < -0.39 is 22.2 Å². The van der Waals surface area contributed by atoms with E-state index in [1.165, 1.54) is 23.9 Å². The van der Waals surface area contributed by atoms with E-state index in [0.717, 1.165) is 0 Å². The summed E-state index contributed by atoms with van der Waals surface area (Å²) >= 11 is 0. The smallest absolute Gasteiger partial charge is 0.261 e. The molecular formula is C22H33N5O5S. The Morgan fingerprint density at radius 3 is 2.58 bits per heavy atom. The number of fused-ring (bicyclic) bond motifs is 1. The number of carbonyl (C=O) groups excluding carboxylic acids is 1. The molecule has 0 fully saturated rings. The van der Waals surface area contributed by atoms with Crippen molar-refractivity contribution in [3.8, 4) is 5.75 Å². The largest absolute Gasteiger partial charge is 0.486 e. The van der Waals surface area contributed by atoms with Gasteiger partial charge in [0.2, 0.25) is 0 Å². The van der Waals surface area contributed by atoms with E-state index in [0.29, 0.717) is 23.5 Å². The summed E-state index contributed by atoms with van der Waals surface area (Å²) in [6.07, 6.45) is 2.35. The maximum Gasteiger partial charge on any atom is 0.261 e. The molecule has 11 heteroatoms. The number of aryl methyl sites for hydroxylation is 1. The fraction of sp³-hybridized carbons (Fsp3) is 0.545. The number of carbonyl (C=O) groups is 1. The van der Waals surface area contributed by atoms with Crippen LogP contribution in [0.3, 0.4) is 0 Å². The third-order valence-corrected chi connectivity index (χ3v) is 7.65. The topological polar surface area (TPSA) is 108 Å². The van der Waals surface area contributed by atoms with Gasteiger partial charge in [0.05, 0.1) is 36.8 Å². The number of nitrogens with zero attached hydrogens (tertiary/aromatic N) is 5. The van der Waals surface area contributed by atoms with Gasteiger partial charge >= 0.3 is 0 Å². The Morgan fingerprint density at radius 1 is 1.30 bits per heavy atom. The fourth-order valence-corrected chi connectivity index (χ4v) is 4.97. The highest BCUT2D eigenvalue weighted by molar-refractivity contribution is 7.89. The number of aliphatic hydroxyl groups is 1. The number of likely N-dealkylation sites (N-methyl/N-ethyl adjacent to an activating group) is 1. The normalized spacial score (nSPS) is 20.1. The lowest BCUT2D eigenvalue weighted by molar-refractivity contribution is 0.0388. The SMILES string of the molecule is C[C@@H]1CN([C@H](C)CO)C(=O)c2cccc(N(C)C)c2O[C@H]1CN(C)S(=O)(=O)c1cn(C)cn1. The second-order valence-electron chi connectivity index (χ2n) is 8.83. The Kier molecular flexibility index (Phi) is 7.35. The third kappa shape index (κ3) is 4.99. The van der Waals surface area contributed by atoms with Crippen molar-refractivity contribution in [3.63, 3.8) is 0 Å². The first-order chi connectivity index (χ1) is 15.5. The van der Waals surface area contributed by atoms with Gasteiger partial charge in [0.1, 0.15) is 6.10 Å². The molecule has 3 atom stereocenters. The van der Waals surface area contributed by atoms with E-state index in [9.17, 15) is 18.3 Å². The van der Waals surface area contributed by atoms with Crippen molar-refractivity contribution in [3.05, 3.63) is 36.3 Å². The van der Waals surface area contributed by atoms with Gasteiger partial charge in [-0.15, -0.1) is 0 Å². The fourth-order valence-electron chi connectivity index (χ4n) is 3.83. The first-order valence-corrected chi connectivity index (χ1v) is 12.2. The van der Waals surface area contributed by atoms with Crippen LogP contribution in [0.25, 0.3) is 0 Å². The van der Waals surface area contributed by atoms with Crippen molar-refractivity contribution in [2.75, 3.05) is 45.7 Å². The first-order valence-electron chi connectivity index (χ1n) is 10.8. The van der Waals surface area contributed by atoms with Crippen LogP contribution in [-0.2, 0) is 17.1 Å². The van der Waals surface area contributed by atoms with Crippen LogP contribution in [0.1, 0.15) is 24.2 Å². The van der Waals surface area contributed by atoms with Gasteiger partial charge in [0, 0.05) is 46.9 Å². The molecule has 0 saturated heterocycles. The zero-order chi connectivity index (χ0) is 24.5. The number of aliphatic hydroxyl groups excluding tert-OH is 1. The van der Waals surface area contributed by atoms with E-state index in [-0.39, 0.29) is 30.0 Å². The predicted molar refractivity (Wildman–Crippen MR) is 125 cm³/mol. The maximum absolute atomic E-state index is 13.4. The number of para-hydroxylation sites is 1. The Morgan fingerprint density at radius 2 is 2.00 bits per heavy atom. The number of hydrogen-bond acceptors (Lipinski definition) is 7. The summed E-state index contributed by atoms with van der Waals surface area (Å²) in [5.41, 5.74) is 1.10. The van der Waals surface area contributed by atoms with Gasteiger partial charge in [0.15, 0.2) is 10.8 Å². The molecule has 0 unspecified atom stereocenters. The summed E-state index contributed by atoms with van der Waals surface area (Å²) < 4.78 is 35.3. The van der Waals surface area contributed by atoms with Gasteiger partial charge < -0.3 is 24.2 Å². The highest BCUT2D eigenvalue weighted by atomic mass is 32.2. The highest BCUT2D eigenvalue weighted by Crippen LogP contribution is 2.36. The van der Waals surface area contributed by atoms with E-state index in [4.69, 9.17) is 4.74 Å². The number of imidazole rings is 1. The molecule has 1 amide bonds. The number of amides is 1. The van der Waals surface area contributed by atoms with E-state index in [1.807, 2.05) is 32.0 Å². The standard InChI is InChI=1S/C22H33N5O5S/c1-15-10-27(16(2)13-28)22(29)17-8-7-9-18(24(3)4)21(17)32-19(15)11-26(6)33(30,31)20-12-25(5)14-23-20/h7-9,12,14-16,19,28H,10-11,13H2,1-6H3/t15-,16-,19+/m1/s1. The molecule has 0 bridgehead atoms. The number of anilines is 1. The minimum atomic E-state index is -3.82. The first kappa shape index (κ1) is 25.0. The molecule has 1 aliphatic heterocycles. The summed E-state index contributed by atoms with van der Waals surface area (Å²) in [4.78, 5) is 20.9. The highest BCUT2D eigenvalue weighted by Gasteiger charge is 2.36. The molecule has 0 spiro atoms. The van der Waals surface area contributed by atoms with Crippen LogP contribution in [0, 0.1) is 5.92 Å². The van der Waals surface area contributed by atoms with Crippen molar-refractivity contribution >= 4 is 21.6 Å². The van der Waals surface area contributed by atoms with E-state index in [2.05, 4.69) is 4.98 Å². The molecule has 182 valence electrons. The Bertz CT molecular complexity index is 1100. The quantitative estimate of drug-likeness (QED) is 0.632. The molecule has 33 heavy (non-hydrogen) atoms. The van der Waals surface area contributed by atoms with Crippen LogP contribution in [0.2, 0.25) is 0 Å². The minimum Gasteiger partial charge on any atom is -0.486 e. The molecule has 0 saturated carbocycles. The Balaban J connectivity index is 2.02. The predicted octanol–water partition coefficient (Wildman–Crippen LogP) is 1.03. The van der Waals surface area contributed by atoms with Crippen LogP contribution >= 0.6 is 0 Å². The molecule has 2 aromatic rings. The van der Waals surface area contributed by atoms with Gasteiger partial charge in [-0.3, -0.25) is 4.79 Å². The van der Waals surface area contributed by atoms with Crippen molar-refractivity contribution < 1.29 is 23.1 Å². The second kappa shape index (κ2) is 9.70. The van der Waals surface area contributed by atoms with Crippen molar-refractivity contribution in [2.45, 2.75) is 31.0 Å². The molecule has 3 rings (SSSR count). The molecule has 0 radical (unpaired) electrons. The summed E-state index contributed by atoms with van der Waals surface area (Å²) in [6.45, 7) is 3.90. The van der Waals surface area contributed by atoms with Crippen LogP contribution in [0.4, 0.5) is 5.69 Å². The minimum absolute atomic E-state index is 0.0360. The summed E-state index contributed by atoms with van der Waals surface area (Å²) in [5, 5.41) is 9.72. The lowest BCUT2D eigenvalue weighted by Crippen LogP contribution is -2.50. The molecule has 1 aromatic heterocycles. The van der Waals surface area contributed by atoms with E-state index in [1.54, 1.807) is 35.6 Å². The molecule has 1 aromatic carbocycles. The Hall–Kier alpha value is -2.63. The zero-order valence-electron chi connectivity index (χ0n) is 20.0. The van der Waals surface area contributed by atoms with Crippen molar-refractivity contribution in [2.24, 2.45) is 13.0 Å². The maximum atomic E-state index is 13.4. The number of aromatic nitrogens is 2. The second-order valence-corrected chi connectivity index (χ2v) is 10.8. The third-order valence-electron chi connectivity index (χ3n) is 5.95. The molecule has 10 nitrogen and oxygen atoms in total. The van der Waals surface area contributed by atoms with Crippen LogP contribution in [0.5, 0.6) is 5.75 Å². The summed E-state index contributed by atoms with van der Waals surface area (Å²) in [5.74, 6) is -0.0365. The zero-order valence-corrected chi connectivity index (χ0v) is 20.8.